The van der Waals surface area contributed by atoms with E-state index in [4.69, 9.17) is 9.79 Å². The van der Waals surface area contributed by atoms with Crippen molar-refractivity contribution >= 4 is 24.3 Å². The van der Waals surface area contributed by atoms with Gasteiger partial charge < -0.3 is 9.79 Å². The maximum atomic E-state index is 8.68. The highest BCUT2D eigenvalue weighted by molar-refractivity contribution is 9.10. The minimum absolute atomic E-state index is 0.350. The quantitative estimate of drug-likeness (QED) is 0.771. The monoisotopic (exact) mass is 234 g/mol. The molecule has 0 amide bonds. The Morgan fingerprint density at radius 3 is 2.18 bits per heavy atom. The second-order valence-corrected chi connectivity index (χ2v) is 4.13. The fourth-order valence-electron chi connectivity index (χ4n) is 0.753. The molecule has 0 heterocycles. The van der Waals surface area contributed by atoms with Gasteiger partial charge in [-0.15, -0.1) is 0 Å². The van der Waals surface area contributed by atoms with Crippen molar-refractivity contribution < 1.29 is 9.79 Å². The molecule has 2 nitrogen and oxygen atoms in total. The Balaban J connectivity index is 2.66. The molecular weight excluding hydrogens is 227 g/mol. The highest BCUT2D eigenvalue weighted by atomic mass is 79.9. The molecule has 0 atom stereocenters. The van der Waals surface area contributed by atoms with E-state index in [0.717, 1.165) is 10.0 Å². The average Bonchev–Trinajstić information content (AvgIpc) is 1.93. The lowest BCUT2D eigenvalue weighted by Gasteiger charge is -2.01. The van der Waals surface area contributed by atoms with E-state index >= 15 is 0 Å². The van der Waals surface area contributed by atoms with Crippen LogP contribution in [0.2, 0.25) is 0 Å². The van der Waals surface area contributed by atoms with Crippen LogP contribution in [0.3, 0.4) is 0 Å². The summed E-state index contributed by atoms with van der Waals surface area (Å²) >= 11 is 3.29. The lowest BCUT2D eigenvalue weighted by molar-refractivity contribution is 0.481. The van der Waals surface area contributed by atoms with Crippen LogP contribution in [0.15, 0.2) is 28.7 Å². The normalized spacial score (nSPS) is 10.5. The molecule has 0 aliphatic carbocycles. The van der Waals surface area contributed by atoms with E-state index in [1.165, 1.54) is 0 Å². The molecule has 2 N–H and O–H groups in total. The van der Waals surface area contributed by atoms with Gasteiger partial charge in [-0.1, -0.05) is 28.1 Å². The van der Waals surface area contributed by atoms with Crippen LogP contribution < -0.4 is 0 Å². The van der Waals surface area contributed by atoms with E-state index < -0.39 is 8.38 Å². The fraction of sp³-hybridized carbons (Fsp3) is 0.143. The zero-order chi connectivity index (χ0) is 8.27. The van der Waals surface area contributed by atoms with Gasteiger partial charge in [0.2, 0.25) is 0 Å². The number of rotatable bonds is 2. The summed E-state index contributed by atoms with van der Waals surface area (Å²) in [4.78, 5) is 17.4. The molecule has 60 valence electrons. The van der Waals surface area contributed by atoms with Crippen molar-refractivity contribution in [1.29, 1.82) is 0 Å². The zero-order valence-corrected chi connectivity index (χ0v) is 8.22. The zero-order valence-electron chi connectivity index (χ0n) is 5.74. The smallest absolute Gasteiger partial charge is 0.169 e. The first-order valence-corrected chi connectivity index (χ1v) is 5.31. The van der Waals surface area contributed by atoms with Crippen LogP contribution in [0, 0.1) is 0 Å². The number of hydrogen-bond acceptors (Lipinski definition) is 2. The third-order valence-electron chi connectivity index (χ3n) is 1.24. The second kappa shape index (κ2) is 4.17. The van der Waals surface area contributed by atoms with E-state index in [0.29, 0.717) is 6.16 Å². The van der Waals surface area contributed by atoms with Crippen LogP contribution >= 0.6 is 24.3 Å². The lowest BCUT2D eigenvalue weighted by Crippen LogP contribution is -1.81. The second-order valence-electron chi connectivity index (χ2n) is 2.16. The molecule has 0 unspecified atom stereocenters. The summed E-state index contributed by atoms with van der Waals surface area (Å²) in [5, 5.41) is 0. The minimum atomic E-state index is -1.80. The molecule has 0 radical (unpaired) electrons. The van der Waals surface area contributed by atoms with Gasteiger partial charge in [-0.3, -0.25) is 0 Å². The molecule has 0 aliphatic heterocycles. The molecule has 11 heavy (non-hydrogen) atoms. The lowest BCUT2D eigenvalue weighted by atomic mass is 10.2. The third kappa shape index (κ3) is 3.30. The van der Waals surface area contributed by atoms with Gasteiger partial charge in [0.05, 0.1) is 0 Å². The molecule has 0 aromatic heterocycles. The Bertz CT molecular complexity index is 222. The van der Waals surface area contributed by atoms with Crippen molar-refractivity contribution in [1.82, 2.24) is 0 Å². The molecular formula is C7H8BrO2P. The van der Waals surface area contributed by atoms with Crippen molar-refractivity contribution in [3.05, 3.63) is 34.3 Å². The van der Waals surface area contributed by atoms with Crippen molar-refractivity contribution in [3.63, 3.8) is 0 Å². The molecule has 0 saturated carbocycles. The van der Waals surface area contributed by atoms with Crippen molar-refractivity contribution in [2.75, 3.05) is 0 Å². The van der Waals surface area contributed by atoms with E-state index in [1.54, 1.807) is 0 Å². The molecule has 1 aromatic rings. The summed E-state index contributed by atoms with van der Waals surface area (Å²) in [5.41, 5.74) is 0.948. The van der Waals surface area contributed by atoms with Crippen LogP contribution in [0.5, 0.6) is 0 Å². The van der Waals surface area contributed by atoms with Gasteiger partial charge in [-0.25, -0.2) is 0 Å². The van der Waals surface area contributed by atoms with Crippen molar-refractivity contribution in [2.24, 2.45) is 0 Å². The number of hydrogen-bond donors (Lipinski definition) is 2. The summed E-state index contributed by atoms with van der Waals surface area (Å²) in [7, 11) is -1.80. The number of halogens is 1. The highest BCUT2D eigenvalue weighted by Gasteiger charge is 1.99. The number of benzene rings is 1. The average molecular weight is 235 g/mol. The molecule has 1 aromatic carbocycles. The maximum absolute atomic E-state index is 8.68. The highest BCUT2D eigenvalue weighted by Crippen LogP contribution is 2.29. The Labute approximate surface area is 74.9 Å². The Kier molecular flexibility index (Phi) is 3.46. The predicted octanol–water partition coefficient (Wildman–Crippen LogP) is 2.25. The maximum Gasteiger partial charge on any atom is 0.169 e. The molecule has 0 fully saturated rings. The van der Waals surface area contributed by atoms with Crippen LogP contribution in [0.1, 0.15) is 5.56 Å². The third-order valence-corrected chi connectivity index (χ3v) is 2.41. The first-order valence-electron chi connectivity index (χ1n) is 3.08. The van der Waals surface area contributed by atoms with E-state index in [2.05, 4.69) is 15.9 Å². The van der Waals surface area contributed by atoms with Gasteiger partial charge in [0.15, 0.2) is 8.38 Å². The van der Waals surface area contributed by atoms with E-state index in [1.807, 2.05) is 24.3 Å². The molecule has 0 spiro atoms. The van der Waals surface area contributed by atoms with Crippen LogP contribution in [0.4, 0.5) is 0 Å². The first-order chi connectivity index (χ1) is 5.18. The largest absolute Gasteiger partial charge is 0.350 e. The summed E-state index contributed by atoms with van der Waals surface area (Å²) < 4.78 is 1.00. The first kappa shape index (κ1) is 9.14. The standard InChI is InChI=1S/C7H8BrO2P/c8-7-3-1-6(2-4-7)5-11(9)10/h1-4,9-10H,5H2. The topological polar surface area (TPSA) is 40.5 Å². The summed E-state index contributed by atoms with van der Waals surface area (Å²) in [6, 6.07) is 7.50. The van der Waals surface area contributed by atoms with Crippen LogP contribution in [0.25, 0.3) is 0 Å². The van der Waals surface area contributed by atoms with E-state index in [9.17, 15) is 0 Å². The summed E-state index contributed by atoms with van der Waals surface area (Å²) in [5.74, 6) is 0. The minimum Gasteiger partial charge on any atom is -0.350 e. The Morgan fingerprint density at radius 2 is 1.73 bits per heavy atom. The summed E-state index contributed by atoms with van der Waals surface area (Å²) in [6.07, 6.45) is 0.350. The SMILES string of the molecule is OP(O)Cc1ccc(Br)cc1. The van der Waals surface area contributed by atoms with E-state index in [-0.39, 0.29) is 0 Å². The molecule has 1 rings (SSSR count). The van der Waals surface area contributed by atoms with Gasteiger partial charge in [0.1, 0.15) is 0 Å². The summed E-state index contributed by atoms with van der Waals surface area (Å²) in [6.45, 7) is 0. The molecule has 0 bridgehead atoms. The van der Waals surface area contributed by atoms with Crippen molar-refractivity contribution in [3.8, 4) is 0 Å². The van der Waals surface area contributed by atoms with Crippen LogP contribution in [-0.2, 0) is 6.16 Å². The fourth-order valence-corrected chi connectivity index (χ4v) is 1.55. The molecule has 0 saturated heterocycles. The Morgan fingerprint density at radius 1 is 1.18 bits per heavy atom. The Hall–Kier alpha value is 0.0500. The van der Waals surface area contributed by atoms with Gasteiger partial charge in [0, 0.05) is 10.6 Å². The van der Waals surface area contributed by atoms with Gasteiger partial charge in [-0.05, 0) is 17.7 Å². The van der Waals surface area contributed by atoms with Crippen LogP contribution in [-0.4, -0.2) is 9.79 Å². The van der Waals surface area contributed by atoms with Gasteiger partial charge in [0.25, 0.3) is 0 Å². The predicted molar refractivity (Wildman–Crippen MR) is 49.2 cm³/mol. The van der Waals surface area contributed by atoms with Gasteiger partial charge >= 0.3 is 0 Å². The molecule has 4 heteroatoms. The molecule has 0 aliphatic rings. The van der Waals surface area contributed by atoms with Gasteiger partial charge in [-0.2, -0.15) is 0 Å². The van der Waals surface area contributed by atoms with Crippen molar-refractivity contribution in [2.45, 2.75) is 6.16 Å².